The highest BCUT2D eigenvalue weighted by Gasteiger charge is 2.24. The number of rotatable bonds is 3. The molecule has 3 rings (SSSR count). The standard InChI is InChI=1S/C16H25N3O/c1-20-16-6-4-14(5-7-16)18-9-11-19(12-10-18)15-3-2-8-17-13-15/h4-7,15,17H,2-3,8-13H2,1H3/t15-/m0/s1. The van der Waals surface area contributed by atoms with Gasteiger partial charge in [-0.3, -0.25) is 4.90 Å². The maximum atomic E-state index is 5.22. The van der Waals surface area contributed by atoms with Crippen molar-refractivity contribution < 1.29 is 4.74 Å². The first-order valence-corrected chi connectivity index (χ1v) is 7.70. The first-order valence-electron chi connectivity index (χ1n) is 7.70. The SMILES string of the molecule is COc1ccc(N2CCN([C@H]3CCCNC3)CC2)cc1. The molecular weight excluding hydrogens is 250 g/mol. The molecule has 1 atom stereocenters. The van der Waals surface area contributed by atoms with Crippen LogP contribution in [0.25, 0.3) is 0 Å². The molecule has 20 heavy (non-hydrogen) atoms. The van der Waals surface area contributed by atoms with Gasteiger partial charge in [-0.1, -0.05) is 0 Å². The summed E-state index contributed by atoms with van der Waals surface area (Å²) < 4.78 is 5.22. The fourth-order valence-corrected chi connectivity index (χ4v) is 3.28. The molecule has 2 heterocycles. The van der Waals surface area contributed by atoms with Crippen molar-refractivity contribution in [1.29, 1.82) is 0 Å². The number of methoxy groups -OCH3 is 1. The topological polar surface area (TPSA) is 27.7 Å². The van der Waals surface area contributed by atoms with Gasteiger partial charge >= 0.3 is 0 Å². The van der Waals surface area contributed by atoms with Crippen LogP contribution in [0.3, 0.4) is 0 Å². The van der Waals surface area contributed by atoms with Crippen molar-refractivity contribution >= 4 is 5.69 Å². The third kappa shape index (κ3) is 3.07. The monoisotopic (exact) mass is 275 g/mol. The van der Waals surface area contributed by atoms with Crippen LogP contribution in [0, 0.1) is 0 Å². The van der Waals surface area contributed by atoms with Gasteiger partial charge in [-0.25, -0.2) is 0 Å². The smallest absolute Gasteiger partial charge is 0.119 e. The van der Waals surface area contributed by atoms with Crippen LogP contribution in [0.4, 0.5) is 5.69 Å². The van der Waals surface area contributed by atoms with Gasteiger partial charge < -0.3 is 15.0 Å². The van der Waals surface area contributed by atoms with Crippen molar-refractivity contribution in [2.45, 2.75) is 18.9 Å². The van der Waals surface area contributed by atoms with Gasteiger partial charge in [0.15, 0.2) is 0 Å². The van der Waals surface area contributed by atoms with Crippen molar-refractivity contribution in [3.8, 4) is 5.75 Å². The number of ether oxygens (including phenoxy) is 1. The summed E-state index contributed by atoms with van der Waals surface area (Å²) >= 11 is 0. The molecule has 4 heteroatoms. The van der Waals surface area contributed by atoms with E-state index in [-0.39, 0.29) is 0 Å². The van der Waals surface area contributed by atoms with Crippen LogP contribution in [0.1, 0.15) is 12.8 Å². The molecule has 0 radical (unpaired) electrons. The summed E-state index contributed by atoms with van der Waals surface area (Å²) in [5, 5.41) is 3.52. The number of nitrogens with zero attached hydrogens (tertiary/aromatic N) is 2. The fraction of sp³-hybridized carbons (Fsp3) is 0.625. The predicted molar refractivity (Wildman–Crippen MR) is 82.7 cm³/mol. The van der Waals surface area contributed by atoms with Gasteiger partial charge in [0, 0.05) is 44.5 Å². The van der Waals surface area contributed by atoms with E-state index in [1.807, 2.05) is 12.1 Å². The minimum atomic E-state index is 0.752. The fourth-order valence-electron chi connectivity index (χ4n) is 3.28. The number of piperidine rings is 1. The van der Waals surface area contributed by atoms with Crippen molar-refractivity contribution in [3.05, 3.63) is 24.3 Å². The van der Waals surface area contributed by atoms with E-state index in [2.05, 4.69) is 27.2 Å². The van der Waals surface area contributed by atoms with Crippen molar-refractivity contribution in [1.82, 2.24) is 10.2 Å². The molecule has 1 aromatic carbocycles. The summed E-state index contributed by atoms with van der Waals surface area (Å²) in [6.45, 7) is 6.98. The summed E-state index contributed by atoms with van der Waals surface area (Å²) in [5.41, 5.74) is 1.31. The molecule has 2 fully saturated rings. The van der Waals surface area contributed by atoms with E-state index in [1.54, 1.807) is 7.11 Å². The van der Waals surface area contributed by atoms with Gasteiger partial charge in [0.05, 0.1) is 7.11 Å². The summed E-state index contributed by atoms with van der Waals surface area (Å²) in [7, 11) is 1.71. The molecule has 2 aliphatic rings. The molecule has 0 spiro atoms. The van der Waals surface area contributed by atoms with Crippen LogP contribution in [0.5, 0.6) is 5.75 Å². The van der Waals surface area contributed by atoms with Gasteiger partial charge in [0.2, 0.25) is 0 Å². The Morgan fingerprint density at radius 2 is 1.85 bits per heavy atom. The predicted octanol–water partition coefficient (Wildman–Crippen LogP) is 1.57. The van der Waals surface area contributed by atoms with Crippen LogP contribution >= 0.6 is 0 Å². The molecular formula is C16H25N3O. The second-order valence-corrected chi connectivity index (χ2v) is 5.72. The van der Waals surface area contributed by atoms with E-state index in [0.717, 1.165) is 24.9 Å². The van der Waals surface area contributed by atoms with E-state index in [0.29, 0.717) is 0 Å². The Kier molecular flexibility index (Phi) is 4.43. The number of hydrogen-bond donors (Lipinski definition) is 1. The number of hydrogen-bond acceptors (Lipinski definition) is 4. The molecule has 0 aliphatic carbocycles. The second-order valence-electron chi connectivity index (χ2n) is 5.72. The molecule has 0 aromatic heterocycles. The highest BCUT2D eigenvalue weighted by molar-refractivity contribution is 5.49. The van der Waals surface area contributed by atoms with Gasteiger partial charge in [0.25, 0.3) is 0 Å². The average Bonchev–Trinajstić information content (AvgIpc) is 2.56. The molecule has 2 saturated heterocycles. The molecule has 0 amide bonds. The summed E-state index contributed by atoms with van der Waals surface area (Å²) in [6, 6.07) is 9.18. The first-order chi connectivity index (χ1) is 9.86. The van der Waals surface area contributed by atoms with Crippen molar-refractivity contribution in [2.75, 3.05) is 51.3 Å². The van der Waals surface area contributed by atoms with Crippen LogP contribution in [-0.2, 0) is 0 Å². The minimum absolute atomic E-state index is 0.752. The maximum absolute atomic E-state index is 5.22. The lowest BCUT2D eigenvalue weighted by Crippen LogP contribution is -2.54. The Labute approximate surface area is 121 Å². The first kappa shape index (κ1) is 13.7. The molecule has 1 aromatic rings. The lowest BCUT2D eigenvalue weighted by molar-refractivity contribution is 0.157. The Morgan fingerprint density at radius 1 is 1.10 bits per heavy atom. The third-order valence-electron chi connectivity index (χ3n) is 4.54. The number of benzene rings is 1. The van der Waals surface area contributed by atoms with E-state index < -0.39 is 0 Å². The molecule has 0 saturated carbocycles. The number of piperazine rings is 1. The molecule has 110 valence electrons. The van der Waals surface area contributed by atoms with Crippen LogP contribution in [0.2, 0.25) is 0 Å². The van der Waals surface area contributed by atoms with Crippen molar-refractivity contribution in [2.24, 2.45) is 0 Å². The highest BCUT2D eigenvalue weighted by Crippen LogP contribution is 2.21. The van der Waals surface area contributed by atoms with Gasteiger partial charge in [0.1, 0.15) is 5.75 Å². The summed E-state index contributed by atoms with van der Waals surface area (Å²) in [4.78, 5) is 5.14. The van der Waals surface area contributed by atoms with Crippen LogP contribution in [-0.4, -0.2) is 57.3 Å². The zero-order valence-corrected chi connectivity index (χ0v) is 12.3. The highest BCUT2D eigenvalue weighted by atomic mass is 16.5. The molecule has 0 unspecified atom stereocenters. The maximum Gasteiger partial charge on any atom is 0.119 e. The summed E-state index contributed by atoms with van der Waals surface area (Å²) in [5.74, 6) is 0.931. The number of anilines is 1. The molecule has 1 N–H and O–H groups in total. The lowest BCUT2D eigenvalue weighted by Gasteiger charge is -2.41. The average molecular weight is 275 g/mol. The Hall–Kier alpha value is -1.26. The molecule has 0 bridgehead atoms. The quantitative estimate of drug-likeness (QED) is 0.906. The second kappa shape index (κ2) is 6.46. The van der Waals surface area contributed by atoms with E-state index in [4.69, 9.17) is 4.74 Å². The van der Waals surface area contributed by atoms with E-state index in [9.17, 15) is 0 Å². The molecule has 4 nitrogen and oxygen atoms in total. The van der Waals surface area contributed by atoms with Gasteiger partial charge in [-0.05, 0) is 43.7 Å². The Morgan fingerprint density at radius 3 is 2.45 bits per heavy atom. The van der Waals surface area contributed by atoms with Crippen LogP contribution < -0.4 is 15.0 Å². The Bertz CT molecular complexity index is 406. The van der Waals surface area contributed by atoms with Crippen molar-refractivity contribution in [3.63, 3.8) is 0 Å². The minimum Gasteiger partial charge on any atom is -0.497 e. The van der Waals surface area contributed by atoms with Crippen LogP contribution in [0.15, 0.2) is 24.3 Å². The van der Waals surface area contributed by atoms with E-state index >= 15 is 0 Å². The Balaban J connectivity index is 1.54. The normalized spacial score (nSPS) is 24.6. The lowest BCUT2D eigenvalue weighted by atomic mass is 10.0. The zero-order chi connectivity index (χ0) is 13.8. The third-order valence-corrected chi connectivity index (χ3v) is 4.54. The van der Waals surface area contributed by atoms with E-state index in [1.165, 1.54) is 44.7 Å². The number of nitrogens with one attached hydrogen (secondary N) is 1. The largest absolute Gasteiger partial charge is 0.497 e. The van der Waals surface area contributed by atoms with Gasteiger partial charge in [-0.2, -0.15) is 0 Å². The summed E-state index contributed by atoms with van der Waals surface area (Å²) in [6.07, 6.45) is 2.68. The molecule has 2 aliphatic heterocycles. The zero-order valence-electron chi connectivity index (χ0n) is 12.3. The van der Waals surface area contributed by atoms with Gasteiger partial charge in [-0.15, -0.1) is 0 Å².